The van der Waals surface area contributed by atoms with E-state index in [0.29, 0.717) is 17.4 Å². The van der Waals surface area contributed by atoms with E-state index < -0.39 is 10.9 Å². The van der Waals surface area contributed by atoms with Gasteiger partial charge in [0.2, 0.25) is 5.95 Å². The number of esters is 1. The van der Waals surface area contributed by atoms with Gasteiger partial charge in [0.25, 0.3) is 5.69 Å². The number of non-ortho nitro benzene ring substituents is 1. The molecule has 2 aromatic carbocycles. The van der Waals surface area contributed by atoms with Crippen molar-refractivity contribution in [3.8, 4) is 5.75 Å². The van der Waals surface area contributed by atoms with Crippen molar-refractivity contribution in [2.45, 2.75) is 13.8 Å². The average Bonchev–Trinajstić information content (AvgIpc) is 2.61. The number of aryl methyl sites for hydroxylation is 2. The van der Waals surface area contributed by atoms with Gasteiger partial charge in [0.1, 0.15) is 5.75 Å². The molecule has 8 heteroatoms. The van der Waals surface area contributed by atoms with Crippen LogP contribution in [0.2, 0.25) is 0 Å². The molecule has 27 heavy (non-hydrogen) atoms. The number of anilines is 2. The molecule has 0 aliphatic heterocycles. The zero-order valence-electron chi connectivity index (χ0n) is 14.7. The van der Waals surface area contributed by atoms with Crippen LogP contribution in [0, 0.1) is 24.0 Å². The molecule has 136 valence electrons. The molecule has 0 radical (unpaired) electrons. The number of nitrogens with one attached hydrogen (secondary N) is 1. The lowest BCUT2D eigenvalue weighted by molar-refractivity contribution is -0.384. The molecule has 0 unspecified atom stereocenters. The van der Waals surface area contributed by atoms with E-state index in [4.69, 9.17) is 4.74 Å². The number of aromatic nitrogens is 2. The van der Waals surface area contributed by atoms with Gasteiger partial charge in [-0.05, 0) is 44.2 Å². The first-order valence-corrected chi connectivity index (χ1v) is 8.07. The number of carbonyl (C=O) groups excluding carboxylic acids is 1. The summed E-state index contributed by atoms with van der Waals surface area (Å²) in [6, 6.07) is 13.9. The molecular weight excluding hydrogens is 348 g/mol. The van der Waals surface area contributed by atoms with Crippen LogP contribution in [-0.2, 0) is 0 Å². The molecule has 8 nitrogen and oxygen atoms in total. The van der Waals surface area contributed by atoms with Crippen molar-refractivity contribution in [2.75, 3.05) is 5.32 Å². The van der Waals surface area contributed by atoms with Gasteiger partial charge >= 0.3 is 5.97 Å². The van der Waals surface area contributed by atoms with Crippen molar-refractivity contribution in [2.24, 2.45) is 0 Å². The van der Waals surface area contributed by atoms with E-state index in [1.54, 1.807) is 24.3 Å². The fourth-order valence-corrected chi connectivity index (χ4v) is 2.43. The summed E-state index contributed by atoms with van der Waals surface area (Å²) in [7, 11) is 0. The van der Waals surface area contributed by atoms with Gasteiger partial charge in [-0.3, -0.25) is 10.1 Å². The highest BCUT2D eigenvalue weighted by molar-refractivity contribution is 5.91. The molecule has 3 aromatic rings. The lowest BCUT2D eigenvalue weighted by Gasteiger charge is -2.09. The van der Waals surface area contributed by atoms with Crippen molar-refractivity contribution in [1.29, 1.82) is 0 Å². The van der Waals surface area contributed by atoms with E-state index in [-0.39, 0.29) is 11.3 Å². The summed E-state index contributed by atoms with van der Waals surface area (Å²) >= 11 is 0. The zero-order valence-corrected chi connectivity index (χ0v) is 14.7. The Bertz CT molecular complexity index is 983. The van der Waals surface area contributed by atoms with Crippen LogP contribution in [-0.4, -0.2) is 20.9 Å². The lowest BCUT2D eigenvalue weighted by Crippen LogP contribution is -2.08. The van der Waals surface area contributed by atoms with Crippen molar-refractivity contribution in [3.05, 3.63) is 81.7 Å². The van der Waals surface area contributed by atoms with Crippen molar-refractivity contribution >= 4 is 23.3 Å². The summed E-state index contributed by atoms with van der Waals surface area (Å²) in [5.41, 5.74) is 2.47. The Morgan fingerprint density at radius 1 is 1.04 bits per heavy atom. The van der Waals surface area contributed by atoms with E-state index in [1.165, 1.54) is 24.3 Å². The number of nitro groups is 1. The molecule has 1 aromatic heterocycles. The number of carbonyl (C=O) groups is 1. The Labute approximate surface area is 155 Å². The standard InChI is InChI=1S/C19H16N4O4/c1-12-10-13(2)21-19(20-12)22-15-4-3-5-17(11-15)27-18(24)14-6-8-16(9-7-14)23(25)26/h3-11H,1-2H3,(H,20,21,22). The maximum atomic E-state index is 12.2. The smallest absolute Gasteiger partial charge is 0.343 e. The fourth-order valence-electron chi connectivity index (χ4n) is 2.43. The first-order chi connectivity index (χ1) is 12.9. The Hall–Kier alpha value is -3.81. The summed E-state index contributed by atoms with van der Waals surface area (Å²) in [5, 5.41) is 13.7. The van der Waals surface area contributed by atoms with Crippen LogP contribution >= 0.6 is 0 Å². The van der Waals surface area contributed by atoms with Crippen LogP contribution in [0.3, 0.4) is 0 Å². The van der Waals surface area contributed by atoms with Crippen LogP contribution in [0.4, 0.5) is 17.3 Å². The maximum absolute atomic E-state index is 12.2. The number of nitro benzene ring substituents is 1. The summed E-state index contributed by atoms with van der Waals surface area (Å²) in [6.45, 7) is 3.75. The highest BCUT2D eigenvalue weighted by Crippen LogP contribution is 2.21. The monoisotopic (exact) mass is 364 g/mol. The van der Waals surface area contributed by atoms with Crippen LogP contribution in [0.15, 0.2) is 54.6 Å². The third kappa shape index (κ3) is 4.63. The quantitative estimate of drug-likeness (QED) is 0.316. The second kappa shape index (κ2) is 7.61. The third-order valence-corrected chi connectivity index (χ3v) is 3.60. The minimum atomic E-state index is -0.607. The van der Waals surface area contributed by atoms with Crippen LogP contribution < -0.4 is 10.1 Å². The molecule has 3 rings (SSSR count). The molecule has 0 amide bonds. The Morgan fingerprint density at radius 2 is 1.70 bits per heavy atom. The van der Waals surface area contributed by atoms with Crippen LogP contribution in [0.25, 0.3) is 0 Å². The van der Waals surface area contributed by atoms with Crippen molar-refractivity contribution in [1.82, 2.24) is 9.97 Å². The molecule has 0 spiro atoms. The zero-order chi connectivity index (χ0) is 19.4. The summed E-state index contributed by atoms with van der Waals surface area (Å²) in [5.74, 6) is 0.170. The van der Waals surface area contributed by atoms with Crippen LogP contribution in [0.1, 0.15) is 21.7 Å². The Morgan fingerprint density at radius 3 is 2.33 bits per heavy atom. The van der Waals surface area contributed by atoms with Gasteiger partial charge in [0, 0.05) is 35.3 Å². The molecule has 1 heterocycles. The van der Waals surface area contributed by atoms with Gasteiger partial charge in [-0.1, -0.05) is 6.07 Å². The van der Waals surface area contributed by atoms with E-state index in [2.05, 4.69) is 15.3 Å². The molecule has 0 bridgehead atoms. The van der Waals surface area contributed by atoms with Crippen LogP contribution in [0.5, 0.6) is 5.75 Å². The van der Waals surface area contributed by atoms with Crippen molar-refractivity contribution in [3.63, 3.8) is 0 Å². The second-order valence-corrected chi connectivity index (χ2v) is 5.82. The first kappa shape index (κ1) is 18.0. The van der Waals surface area contributed by atoms with E-state index in [1.807, 2.05) is 19.9 Å². The highest BCUT2D eigenvalue weighted by Gasteiger charge is 2.12. The molecule has 0 saturated heterocycles. The maximum Gasteiger partial charge on any atom is 0.343 e. The summed E-state index contributed by atoms with van der Waals surface area (Å²) < 4.78 is 5.34. The van der Waals surface area contributed by atoms with E-state index in [0.717, 1.165) is 11.4 Å². The van der Waals surface area contributed by atoms with Gasteiger partial charge in [-0.25, -0.2) is 14.8 Å². The number of nitrogens with zero attached hydrogens (tertiary/aromatic N) is 3. The topological polar surface area (TPSA) is 107 Å². The van der Waals surface area contributed by atoms with Gasteiger partial charge in [0.15, 0.2) is 0 Å². The number of ether oxygens (including phenoxy) is 1. The minimum absolute atomic E-state index is 0.0915. The number of rotatable bonds is 5. The lowest BCUT2D eigenvalue weighted by atomic mass is 10.2. The molecule has 1 N–H and O–H groups in total. The fraction of sp³-hybridized carbons (Fsp3) is 0.105. The molecule has 0 atom stereocenters. The van der Waals surface area contributed by atoms with E-state index >= 15 is 0 Å². The number of hydrogen-bond donors (Lipinski definition) is 1. The number of hydrogen-bond acceptors (Lipinski definition) is 7. The van der Waals surface area contributed by atoms with Gasteiger partial charge < -0.3 is 10.1 Å². The highest BCUT2D eigenvalue weighted by atomic mass is 16.6. The number of benzene rings is 2. The normalized spacial score (nSPS) is 10.3. The van der Waals surface area contributed by atoms with Crippen molar-refractivity contribution < 1.29 is 14.5 Å². The van der Waals surface area contributed by atoms with E-state index in [9.17, 15) is 14.9 Å². The predicted molar refractivity (Wildman–Crippen MR) is 99.3 cm³/mol. The molecular formula is C19H16N4O4. The average molecular weight is 364 g/mol. The largest absolute Gasteiger partial charge is 0.423 e. The molecule has 0 saturated carbocycles. The van der Waals surface area contributed by atoms with Gasteiger partial charge in [0.05, 0.1) is 10.5 Å². The SMILES string of the molecule is Cc1cc(C)nc(Nc2cccc(OC(=O)c3ccc([N+](=O)[O-])cc3)c2)n1. The summed E-state index contributed by atoms with van der Waals surface area (Å²) in [6.07, 6.45) is 0. The Balaban J connectivity index is 1.73. The first-order valence-electron chi connectivity index (χ1n) is 8.07. The van der Waals surface area contributed by atoms with Gasteiger partial charge in [-0.2, -0.15) is 0 Å². The second-order valence-electron chi connectivity index (χ2n) is 5.82. The molecule has 0 fully saturated rings. The Kier molecular flexibility index (Phi) is 5.07. The predicted octanol–water partition coefficient (Wildman–Crippen LogP) is 3.96. The minimum Gasteiger partial charge on any atom is -0.423 e. The molecule has 0 aliphatic carbocycles. The summed E-state index contributed by atoms with van der Waals surface area (Å²) in [4.78, 5) is 31.0. The molecule has 0 aliphatic rings. The van der Waals surface area contributed by atoms with Gasteiger partial charge in [-0.15, -0.1) is 0 Å². The third-order valence-electron chi connectivity index (χ3n) is 3.60.